The summed E-state index contributed by atoms with van der Waals surface area (Å²) in [5.74, 6) is 0. The second-order valence-electron chi connectivity index (χ2n) is 5.67. The Labute approximate surface area is 140 Å². The molecule has 1 N–H and O–H groups in total. The predicted octanol–water partition coefficient (Wildman–Crippen LogP) is 5.72. The minimum atomic E-state index is 0.507. The third-order valence-electron chi connectivity index (χ3n) is 3.27. The monoisotopic (exact) mass is 363 g/mol. The molecule has 0 heterocycles. The van der Waals surface area contributed by atoms with Crippen molar-refractivity contribution in [1.82, 2.24) is 5.32 Å². The van der Waals surface area contributed by atoms with Gasteiger partial charge in [0.25, 0.3) is 0 Å². The van der Waals surface area contributed by atoms with Gasteiger partial charge in [-0.2, -0.15) is 0 Å². The highest BCUT2D eigenvalue weighted by atomic mass is 79.9. The Morgan fingerprint density at radius 1 is 1.05 bits per heavy atom. The van der Waals surface area contributed by atoms with Gasteiger partial charge in [-0.15, -0.1) is 0 Å². The van der Waals surface area contributed by atoms with E-state index in [1.54, 1.807) is 0 Å². The van der Waals surface area contributed by atoms with Crippen LogP contribution in [0, 0.1) is 13.8 Å². The van der Waals surface area contributed by atoms with Crippen LogP contribution in [-0.2, 0) is 6.54 Å². The zero-order chi connectivity index (χ0) is 15.4. The molecule has 0 atom stereocenters. The van der Waals surface area contributed by atoms with Gasteiger partial charge in [-0.1, -0.05) is 43.8 Å². The maximum absolute atomic E-state index is 3.71. The molecule has 0 saturated heterocycles. The Hall–Kier alpha value is -0.770. The van der Waals surface area contributed by atoms with E-state index >= 15 is 0 Å². The van der Waals surface area contributed by atoms with Gasteiger partial charge < -0.3 is 5.32 Å². The number of aryl methyl sites for hydroxylation is 2. The zero-order valence-electron chi connectivity index (χ0n) is 13.0. The minimum Gasteiger partial charge on any atom is -0.310 e. The van der Waals surface area contributed by atoms with Gasteiger partial charge in [0.15, 0.2) is 0 Å². The first kappa shape index (κ1) is 16.6. The van der Waals surface area contributed by atoms with Crippen LogP contribution in [0.1, 0.15) is 30.5 Å². The van der Waals surface area contributed by atoms with Crippen molar-refractivity contribution in [2.24, 2.45) is 0 Å². The van der Waals surface area contributed by atoms with Crippen LogP contribution in [0.5, 0.6) is 0 Å². The summed E-state index contributed by atoms with van der Waals surface area (Å²) in [5.41, 5.74) is 3.93. The molecule has 0 aliphatic rings. The molecule has 0 aromatic heterocycles. The molecule has 0 saturated carbocycles. The van der Waals surface area contributed by atoms with E-state index in [1.165, 1.54) is 26.5 Å². The van der Waals surface area contributed by atoms with Crippen LogP contribution >= 0.6 is 27.7 Å². The number of rotatable bonds is 5. The lowest BCUT2D eigenvalue weighted by molar-refractivity contribution is 0.588. The molecular weight excluding hydrogens is 342 g/mol. The highest BCUT2D eigenvalue weighted by Gasteiger charge is 2.07. The first-order valence-corrected chi connectivity index (χ1v) is 8.83. The Balaban J connectivity index is 2.15. The van der Waals surface area contributed by atoms with Gasteiger partial charge in [0.2, 0.25) is 0 Å². The Kier molecular flexibility index (Phi) is 5.91. The van der Waals surface area contributed by atoms with E-state index in [0.717, 1.165) is 11.0 Å². The van der Waals surface area contributed by atoms with E-state index in [1.807, 2.05) is 11.8 Å². The Bertz CT molecular complexity index is 623. The SMILES string of the molecule is Cc1ccc(C)c(Sc2ccc(CNC(C)C)cc2Br)c1. The van der Waals surface area contributed by atoms with Crippen molar-refractivity contribution in [2.45, 2.75) is 50.1 Å². The summed E-state index contributed by atoms with van der Waals surface area (Å²) in [4.78, 5) is 2.58. The van der Waals surface area contributed by atoms with Gasteiger partial charge in [0.1, 0.15) is 0 Å². The van der Waals surface area contributed by atoms with Crippen LogP contribution in [0.15, 0.2) is 50.7 Å². The molecule has 0 amide bonds. The molecule has 0 spiro atoms. The summed E-state index contributed by atoms with van der Waals surface area (Å²) in [6, 6.07) is 13.7. The van der Waals surface area contributed by atoms with E-state index in [-0.39, 0.29) is 0 Å². The van der Waals surface area contributed by atoms with Gasteiger partial charge in [0, 0.05) is 26.9 Å². The van der Waals surface area contributed by atoms with E-state index in [0.29, 0.717) is 6.04 Å². The maximum Gasteiger partial charge on any atom is 0.0318 e. The summed E-state index contributed by atoms with van der Waals surface area (Å²) in [6.45, 7) is 9.54. The molecule has 0 aliphatic carbocycles. The molecule has 3 heteroatoms. The molecule has 0 unspecified atom stereocenters. The molecule has 21 heavy (non-hydrogen) atoms. The summed E-state index contributed by atoms with van der Waals surface area (Å²) in [6.07, 6.45) is 0. The number of halogens is 1. The van der Waals surface area contributed by atoms with E-state index in [4.69, 9.17) is 0 Å². The largest absolute Gasteiger partial charge is 0.310 e. The average molecular weight is 364 g/mol. The summed E-state index contributed by atoms with van der Waals surface area (Å²) in [7, 11) is 0. The van der Waals surface area contributed by atoms with Crippen molar-refractivity contribution in [3.63, 3.8) is 0 Å². The third-order valence-corrected chi connectivity index (χ3v) is 5.43. The van der Waals surface area contributed by atoms with Crippen LogP contribution in [0.3, 0.4) is 0 Å². The second-order valence-corrected chi connectivity index (χ2v) is 7.61. The van der Waals surface area contributed by atoms with Crippen molar-refractivity contribution in [3.05, 3.63) is 57.6 Å². The van der Waals surface area contributed by atoms with Crippen LogP contribution in [-0.4, -0.2) is 6.04 Å². The Morgan fingerprint density at radius 2 is 1.81 bits per heavy atom. The van der Waals surface area contributed by atoms with Crippen molar-refractivity contribution < 1.29 is 0 Å². The van der Waals surface area contributed by atoms with E-state index in [9.17, 15) is 0 Å². The zero-order valence-corrected chi connectivity index (χ0v) is 15.4. The first-order chi connectivity index (χ1) is 9.95. The lowest BCUT2D eigenvalue weighted by Gasteiger charge is -2.11. The van der Waals surface area contributed by atoms with Gasteiger partial charge >= 0.3 is 0 Å². The normalized spacial score (nSPS) is 11.1. The highest BCUT2D eigenvalue weighted by molar-refractivity contribution is 9.10. The molecular formula is C18H22BrNS. The van der Waals surface area contributed by atoms with Crippen molar-refractivity contribution in [3.8, 4) is 0 Å². The standard InChI is InChI=1S/C18H22BrNS/c1-12(2)20-11-15-7-8-17(16(19)10-15)21-18-9-13(3)5-6-14(18)4/h5-10,12,20H,11H2,1-4H3. The topological polar surface area (TPSA) is 12.0 Å². The number of nitrogens with one attached hydrogen (secondary N) is 1. The summed E-state index contributed by atoms with van der Waals surface area (Å²) in [5, 5.41) is 3.45. The number of hydrogen-bond donors (Lipinski definition) is 1. The molecule has 1 nitrogen and oxygen atoms in total. The van der Waals surface area contributed by atoms with Gasteiger partial charge in [-0.25, -0.2) is 0 Å². The molecule has 0 aliphatic heterocycles. The van der Waals surface area contributed by atoms with Crippen molar-refractivity contribution >= 4 is 27.7 Å². The van der Waals surface area contributed by atoms with Gasteiger partial charge in [-0.3, -0.25) is 0 Å². The molecule has 0 radical (unpaired) electrons. The molecule has 0 bridgehead atoms. The molecule has 2 rings (SSSR count). The molecule has 2 aromatic carbocycles. The van der Waals surface area contributed by atoms with Crippen LogP contribution in [0.4, 0.5) is 0 Å². The van der Waals surface area contributed by atoms with E-state index < -0.39 is 0 Å². The van der Waals surface area contributed by atoms with Crippen LogP contribution in [0.25, 0.3) is 0 Å². The summed E-state index contributed by atoms with van der Waals surface area (Å²) >= 11 is 5.53. The van der Waals surface area contributed by atoms with Crippen molar-refractivity contribution in [1.29, 1.82) is 0 Å². The third kappa shape index (κ3) is 4.87. The second kappa shape index (κ2) is 7.48. The fourth-order valence-corrected chi connectivity index (χ4v) is 3.67. The van der Waals surface area contributed by atoms with Gasteiger partial charge in [-0.05, 0) is 64.7 Å². The quantitative estimate of drug-likeness (QED) is 0.729. The fourth-order valence-electron chi connectivity index (χ4n) is 1.99. The maximum atomic E-state index is 3.71. The summed E-state index contributed by atoms with van der Waals surface area (Å²) < 4.78 is 1.16. The minimum absolute atomic E-state index is 0.507. The fraction of sp³-hybridized carbons (Fsp3) is 0.333. The van der Waals surface area contributed by atoms with Crippen LogP contribution in [0.2, 0.25) is 0 Å². The highest BCUT2D eigenvalue weighted by Crippen LogP contribution is 2.36. The molecule has 0 fully saturated rings. The average Bonchev–Trinajstić information content (AvgIpc) is 2.43. The van der Waals surface area contributed by atoms with Crippen LogP contribution < -0.4 is 5.32 Å². The predicted molar refractivity (Wildman–Crippen MR) is 96.2 cm³/mol. The number of benzene rings is 2. The van der Waals surface area contributed by atoms with Crippen molar-refractivity contribution in [2.75, 3.05) is 0 Å². The number of hydrogen-bond acceptors (Lipinski definition) is 2. The van der Waals surface area contributed by atoms with E-state index in [2.05, 4.69) is 85.3 Å². The van der Waals surface area contributed by atoms with Gasteiger partial charge in [0.05, 0.1) is 0 Å². The Morgan fingerprint density at radius 3 is 2.48 bits per heavy atom. The molecule has 112 valence electrons. The smallest absolute Gasteiger partial charge is 0.0318 e. The molecule has 2 aromatic rings. The first-order valence-electron chi connectivity index (χ1n) is 7.22. The lowest BCUT2D eigenvalue weighted by Crippen LogP contribution is -2.21. The lowest BCUT2D eigenvalue weighted by atomic mass is 10.2.